The topological polar surface area (TPSA) is 42.7 Å². The highest BCUT2D eigenvalue weighted by Crippen LogP contribution is 2.16. The summed E-state index contributed by atoms with van der Waals surface area (Å²) in [4.78, 5) is 2.43. The molecule has 0 saturated carbocycles. The van der Waals surface area contributed by atoms with Gasteiger partial charge in [0.25, 0.3) is 0 Å². The average molecular weight is 264 g/mol. The summed E-state index contributed by atoms with van der Waals surface area (Å²) in [6, 6.07) is 5.95. The van der Waals surface area contributed by atoms with E-state index in [2.05, 4.69) is 15.1 Å². The molecule has 0 amide bonds. The van der Waals surface area contributed by atoms with E-state index in [-0.39, 0.29) is 0 Å². The van der Waals surface area contributed by atoms with E-state index in [1.807, 2.05) is 28.8 Å². The van der Waals surface area contributed by atoms with Crippen LogP contribution in [-0.4, -0.2) is 58.1 Å². The van der Waals surface area contributed by atoms with Crippen LogP contribution in [0.4, 0.5) is 0 Å². The molecule has 0 spiro atoms. The molecule has 5 nitrogen and oxygen atoms in total. The van der Waals surface area contributed by atoms with Crippen LogP contribution in [0.1, 0.15) is 0 Å². The zero-order valence-corrected chi connectivity index (χ0v) is 11.0. The lowest BCUT2D eigenvalue weighted by Gasteiger charge is -2.26. The minimum Gasteiger partial charge on any atom is -0.379 e. The molecule has 2 aromatic heterocycles. The third-order valence-corrected chi connectivity index (χ3v) is 3.95. The Labute approximate surface area is 110 Å². The Bertz CT molecular complexity index is 510. The molecule has 18 heavy (non-hydrogen) atoms. The molecule has 96 valence electrons. The minimum absolute atomic E-state index is 0.860. The van der Waals surface area contributed by atoms with Crippen LogP contribution < -0.4 is 0 Å². The lowest BCUT2D eigenvalue weighted by Crippen LogP contribution is -2.37. The Hall–Kier alpha value is -1.11. The maximum atomic E-state index is 5.33. The molecular weight excluding hydrogens is 248 g/mol. The van der Waals surface area contributed by atoms with Crippen molar-refractivity contribution >= 4 is 17.4 Å². The molecule has 0 unspecified atom stereocenters. The Kier molecular flexibility index (Phi) is 3.78. The van der Waals surface area contributed by atoms with Gasteiger partial charge < -0.3 is 4.74 Å². The second kappa shape index (κ2) is 5.69. The van der Waals surface area contributed by atoms with E-state index in [9.17, 15) is 0 Å². The van der Waals surface area contributed by atoms with Crippen LogP contribution in [0.5, 0.6) is 0 Å². The molecule has 6 heteroatoms. The number of morpholine rings is 1. The van der Waals surface area contributed by atoms with Crippen LogP contribution in [0.3, 0.4) is 0 Å². The number of nitrogens with zero attached hydrogens (tertiary/aromatic N) is 4. The molecule has 0 bridgehead atoms. The van der Waals surface area contributed by atoms with Gasteiger partial charge in [-0.2, -0.15) is 0 Å². The molecule has 0 aliphatic carbocycles. The van der Waals surface area contributed by atoms with E-state index < -0.39 is 0 Å². The van der Waals surface area contributed by atoms with Crippen molar-refractivity contribution in [3.8, 4) is 0 Å². The van der Waals surface area contributed by atoms with Gasteiger partial charge in [0.1, 0.15) is 0 Å². The fourth-order valence-corrected chi connectivity index (χ4v) is 2.93. The van der Waals surface area contributed by atoms with Crippen molar-refractivity contribution in [2.75, 3.05) is 38.6 Å². The third-order valence-electron chi connectivity index (χ3n) is 3.02. The van der Waals surface area contributed by atoms with Crippen LogP contribution >= 0.6 is 11.8 Å². The second-order valence-corrected chi connectivity index (χ2v) is 5.28. The lowest BCUT2D eigenvalue weighted by atomic mass is 10.4. The molecular formula is C12H16N4OS. The molecule has 0 N–H and O–H groups in total. The van der Waals surface area contributed by atoms with Crippen LogP contribution in [0.15, 0.2) is 29.6 Å². The first-order chi connectivity index (χ1) is 8.93. The third kappa shape index (κ3) is 2.66. The summed E-state index contributed by atoms with van der Waals surface area (Å²) >= 11 is 1.76. The molecule has 1 saturated heterocycles. The zero-order valence-electron chi connectivity index (χ0n) is 10.2. The highest BCUT2D eigenvalue weighted by atomic mass is 32.2. The number of fused-ring (bicyclic) bond motifs is 1. The van der Waals surface area contributed by atoms with Crippen LogP contribution in [0, 0.1) is 0 Å². The summed E-state index contributed by atoms with van der Waals surface area (Å²) in [7, 11) is 0. The Morgan fingerprint density at radius 1 is 1.22 bits per heavy atom. The fourth-order valence-electron chi connectivity index (χ4n) is 2.01. The standard InChI is InChI=1S/C12H16N4OS/c1-2-4-16-11(3-1)13-14-12(16)18-10-7-15-5-8-17-9-6-15/h1-4H,5-10H2. The van der Waals surface area contributed by atoms with E-state index in [4.69, 9.17) is 4.74 Å². The maximum Gasteiger partial charge on any atom is 0.195 e. The summed E-state index contributed by atoms with van der Waals surface area (Å²) in [5.41, 5.74) is 0.909. The number of rotatable bonds is 4. The van der Waals surface area contributed by atoms with Gasteiger partial charge in [0.15, 0.2) is 10.8 Å². The summed E-state index contributed by atoms with van der Waals surface area (Å²) in [6.07, 6.45) is 2.01. The summed E-state index contributed by atoms with van der Waals surface area (Å²) in [5.74, 6) is 1.04. The van der Waals surface area contributed by atoms with E-state index in [0.717, 1.165) is 49.4 Å². The molecule has 1 fully saturated rings. The van der Waals surface area contributed by atoms with E-state index in [1.54, 1.807) is 11.8 Å². The second-order valence-electron chi connectivity index (χ2n) is 4.21. The minimum atomic E-state index is 0.860. The molecule has 0 radical (unpaired) electrons. The van der Waals surface area contributed by atoms with Crippen molar-refractivity contribution in [1.82, 2.24) is 19.5 Å². The molecule has 3 rings (SSSR count). The fraction of sp³-hybridized carbons (Fsp3) is 0.500. The number of hydrogen-bond donors (Lipinski definition) is 0. The predicted molar refractivity (Wildman–Crippen MR) is 71.0 cm³/mol. The average Bonchev–Trinajstić information content (AvgIpc) is 2.84. The Morgan fingerprint density at radius 3 is 3.00 bits per heavy atom. The number of hydrogen-bond acceptors (Lipinski definition) is 5. The summed E-state index contributed by atoms with van der Waals surface area (Å²) in [5, 5.41) is 9.32. The Morgan fingerprint density at radius 2 is 2.11 bits per heavy atom. The van der Waals surface area contributed by atoms with Gasteiger partial charge in [-0.05, 0) is 12.1 Å². The predicted octanol–water partition coefficient (Wildman–Crippen LogP) is 1.15. The number of aromatic nitrogens is 3. The monoisotopic (exact) mass is 264 g/mol. The number of ether oxygens (including phenoxy) is 1. The summed E-state index contributed by atoms with van der Waals surface area (Å²) in [6.45, 7) is 4.88. The smallest absolute Gasteiger partial charge is 0.195 e. The SMILES string of the molecule is c1ccn2c(SCCN3CCOCC3)nnc2c1. The normalized spacial score (nSPS) is 17.3. The largest absolute Gasteiger partial charge is 0.379 e. The Balaban J connectivity index is 1.56. The van der Waals surface area contributed by atoms with Crippen LogP contribution in [0.25, 0.3) is 5.65 Å². The first-order valence-corrected chi connectivity index (χ1v) is 7.15. The zero-order chi connectivity index (χ0) is 12.2. The van der Waals surface area contributed by atoms with E-state index in [1.165, 1.54) is 0 Å². The van der Waals surface area contributed by atoms with E-state index in [0.29, 0.717) is 0 Å². The lowest BCUT2D eigenvalue weighted by molar-refractivity contribution is 0.0410. The van der Waals surface area contributed by atoms with Crippen molar-refractivity contribution in [2.45, 2.75) is 5.16 Å². The quantitative estimate of drug-likeness (QED) is 0.775. The number of thioether (sulfide) groups is 1. The van der Waals surface area contributed by atoms with Crippen LogP contribution in [0.2, 0.25) is 0 Å². The van der Waals surface area contributed by atoms with Gasteiger partial charge in [0.05, 0.1) is 13.2 Å². The van der Waals surface area contributed by atoms with Gasteiger partial charge in [-0.25, -0.2) is 0 Å². The van der Waals surface area contributed by atoms with Gasteiger partial charge in [0.2, 0.25) is 0 Å². The van der Waals surface area contributed by atoms with Crippen LogP contribution in [-0.2, 0) is 4.74 Å². The molecule has 0 aromatic carbocycles. The highest BCUT2D eigenvalue weighted by molar-refractivity contribution is 7.99. The molecule has 0 atom stereocenters. The van der Waals surface area contributed by atoms with Crippen molar-refractivity contribution in [3.63, 3.8) is 0 Å². The van der Waals surface area contributed by atoms with Gasteiger partial charge in [0, 0.05) is 31.6 Å². The van der Waals surface area contributed by atoms with Gasteiger partial charge in [-0.3, -0.25) is 9.30 Å². The maximum absolute atomic E-state index is 5.33. The number of pyridine rings is 1. The van der Waals surface area contributed by atoms with Crippen molar-refractivity contribution in [1.29, 1.82) is 0 Å². The highest BCUT2D eigenvalue weighted by Gasteiger charge is 2.11. The van der Waals surface area contributed by atoms with Gasteiger partial charge in [-0.1, -0.05) is 17.8 Å². The van der Waals surface area contributed by atoms with Gasteiger partial charge in [-0.15, -0.1) is 10.2 Å². The van der Waals surface area contributed by atoms with Crippen molar-refractivity contribution in [3.05, 3.63) is 24.4 Å². The van der Waals surface area contributed by atoms with E-state index >= 15 is 0 Å². The van der Waals surface area contributed by atoms with Crippen molar-refractivity contribution in [2.24, 2.45) is 0 Å². The molecule has 1 aliphatic rings. The first kappa shape index (κ1) is 12.0. The molecule has 2 aromatic rings. The van der Waals surface area contributed by atoms with Gasteiger partial charge >= 0.3 is 0 Å². The molecule has 1 aliphatic heterocycles. The molecule has 3 heterocycles. The summed E-state index contributed by atoms with van der Waals surface area (Å²) < 4.78 is 7.37. The van der Waals surface area contributed by atoms with Crippen molar-refractivity contribution < 1.29 is 4.74 Å². The first-order valence-electron chi connectivity index (χ1n) is 6.16.